The van der Waals surface area contributed by atoms with Gasteiger partial charge in [-0.3, -0.25) is 0 Å². The summed E-state index contributed by atoms with van der Waals surface area (Å²) >= 11 is 0. The molecule has 0 bridgehead atoms. The van der Waals surface area contributed by atoms with E-state index in [9.17, 15) is 8.78 Å². The molecule has 0 aliphatic heterocycles. The van der Waals surface area contributed by atoms with Crippen molar-refractivity contribution in [1.82, 2.24) is 0 Å². The van der Waals surface area contributed by atoms with Crippen LogP contribution in [0, 0.1) is 0 Å². The third-order valence-corrected chi connectivity index (χ3v) is 3.24. The molecule has 0 aromatic heterocycles. The normalized spacial score (nSPS) is 11.4. The SMILES string of the molecule is CN(CC(F)(F)c1ccccc1)c1ccc(CN)cc1. The Hall–Kier alpha value is -1.94. The summed E-state index contributed by atoms with van der Waals surface area (Å²) in [4.78, 5) is 1.55. The van der Waals surface area contributed by atoms with E-state index in [0.717, 1.165) is 11.3 Å². The van der Waals surface area contributed by atoms with E-state index in [1.165, 1.54) is 12.1 Å². The lowest BCUT2D eigenvalue weighted by molar-refractivity contribution is 0.00500. The van der Waals surface area contributed by atoms with Crippen LogP contribution in [-0.2, 0) is 12.5 Å². The van der Waals surface area contributed by atoms with Crippen molar-refractivity contribution in [2.45, 2.75) is 12.5 Å². The first-order valence-corrected chi connectivity index (χ1v) is 6.46. The second-order valence-electron chi connectivity index (χ2n) is 4.80. The molecule has 0 spiro atoms. The molecule has 0 radical (unpaired) electrons. The van der Waals surface area contributed by atoms with Crippen LogP contribution in [0.4, 0.5) is 14.5 Å². The van der Waals surface area contributed by atoms with Gasteiger partial charge in [-0.1, -0.05) is 42.5 Å². The minimum Gasteiger partial charge on any atom is -0.368 e. The van der Waals surface area contributed by atoms with Crippen LogP contribution in [0.3, 0.4) is 0 Å². The minimum absolute atomic E-state index is 0.0328. The number of hydrogen-bond donors (Lipinski definition) is 1. The molecule has 106 valence electrons. The van der Waals surface area contributed by atoms with Crippen LogP contribution in [0.25, 0.3) is 0 Å². The number of anilines is 1. The zero-order valence-electron chi connectivity index (χ0n) is 11.4. The number of likely N-dealkylation sites (N-methyl/N-ethyl adjacent to an activating group) is 1. The number of nitrogens with zero attached hydrogens (tertiary/aromatic N) is 1. The summed E-state index contributed by atoms with van der Waals surface area (Å²) in [6.45, 7) is 0.0865. The van der Waals surface area contributed by atoms with Crippen molar-refractivity contribution in [3.63, 3.8) is 0 Å². The summed E-state index contributed by atoms with van der Waals surface area (Å²) in [6.07, 6.45) is 0. The van der Waals surface area contributed by atoms with E-state index < -0.39 is 5.92 Å². The zero-order valence-corrected chi connectivity index (χ0v) is 11.4. The highest BCUT2D eigenvalue weighted by Crippen LogP contribution is 2.30. The molecule has 0 aliphatic carbocycles. The van der Waals surface area contributed by atoms with Crippen LogP contribution in [0.1, 0.15) is 11.1 Å². The Morgan fingerprint density at radius 3 is 2.15 bits per heavy atom. The molecule has 0 heterocycles. The number of halogens is 2. The molecule has 0 unspecified atom stereocenters. The van der Waals surface area contributed by atoms with Gasteiger partial charge in [0, 0.05) is 24.8 Å². The van der Waals surface area contributed by atoms with Crippen molar-refractivity contribution in [2.75, 3.05) is 18.5 Å². The van der Waals surface area contributed by atoms with Gasteiger partial charge >= 0.3 is 0 Å². The molecule has 0 amide bonds. The monoisotopic (exact) mass is 276 g/mol. The Morgan fingerprint density at radius 1 is 1.00 bits per heavy atom. The third-order valence-electron chi connectivity index (χ3n) is 3.24. The number of alkyl halides is 2. The average molecular weight is 276 g/mol. The van der Waals surface area contributed by atoms with Gasteiger partial charge in [-0.2, -0.15) is 8.78 Å². The van der Waals surface area contributed by atoms with Gasteiger partial charge in [-0.25, -0.2) is 0 Å². The summed E-state index contributed by atoms with van der Waals surface area (Å²) in [5.74, 6) is -2.89. The Balaban J connectivity index is 2.11. The van der Waals surface area contributed by atoms with Crippen LogP contribution < -0.4 is 10.6 Å². The lowest BCUT2D eigenvalue weighted by atomic mass is 10.1. The Bertz CT molecular complexity index is 538. The Morgan fingerprint density at radius 2 is 1.60 bits per heavy atom. The first-order valence-electron chi connectivity index (χ1n) is 6.46. The summed E-state index contributed by atoms with van der Waals surface area (Å²) in [7, 11) is 1.66. The van der Waals surface area contributed by atoms with Gasteiger partial charge in [0.2, 0.25) is 0 Å². The predicted molar refractivity (Wildman–Crippen MR) is 77.9 cm³/mol. The van der Waals surface area contributed by atoms with E-state index >= 15 is 0 Å². The molecule has 2 aromatic carbocycles. The average Bonchev–Trinajstić information content (AvgIpc) is 2.48. The molecular weight excluding hydrogens is 258 g/mol. The molecular formula is C16H18F2N2. The first kappa shape index (κ1) is 14.5. The van der Waals surface area contributed by atoms with Crippen molar-refractivity contribution < 1.29 is 8.78 Å². The predicted octanol–water partition coefficient (Wildman–Crippen LogP) is 3.37. The van der Waals surface area contributed by atoms with Crippen LogP contribution >= 0.6 is 0 Å². The van der Waals surface area contributed by atoms with E-state index in [2.05, 4.69) is 0 Å². The largest absolute Gasteiger partial charge is 0.368 e. The molecule has 0 saturated heterocycles. The fourth-order valence-electron chi connectivity index (χ4n) is 2.05. The lowest BCUT2D eigenvalue weighted by Gasteiger charge is -2.26. The van der Waals surface area contributed by atoms with Crippen LogP contribution in [0.15, 0.2) is 54.6 Å². The standard InChI is InChI=1S/C16H18F2N2/c1-20(15-9-7-13(11-19)8-10-15)12-16(17,18)14-5-3-2-4-6-14/h2-10H,11-12,19H2,1H3. The summed E-state index contributed by atoms with van der Waals surface area (Å²) in [6, 6.07) is 15.2. The van der Waals surface area contributed by atoms with Gasteiger partial charge < -0.3 is 10.6 Å². The van der Waals surface area contributed by atoms with Gasteiger partial charge in [0.1, 0.15) is 0 Å². The van der Waals surface area contributed by atoms with Gasteiger partial charge in [-0.05, 0) is 17.7 Å². The molecule has 2 N–H and O–H groups in total. The summed E-state index contributed by atoms with van der Waals surface area (Å²) in [5.41, 5.74) is 7.28. The van der Waals surface area contributed by atoms with Gasteiger partial charge in [0.05, 0.1) is 6.54 Å². The third kappa shape index (κ3) is 3.33. The highest BCUT2D eigenvalue weighted by atomic mass is 19.3. The summed E-state index contributed by atoms with van der Waals surface area (Å²) in [5, 5.41) is 0. The highest BCUT2D eigenvalue weighted by Gasteiger charge is 2.32. The fourth-order valence-corrected chi connectivity index (χ4v) is 2.05. The Kier molecular flexibility index (Phi) is 4.35. The van der Waals surface area contributed by atoms with E-state index in [-0.39, 0.29) is 12.1 Å². The molecule has 0 atom stereocenters. The number of nitrogens with two attached hydrogens (primary N) is 1. The molecule has 2 nitrogen and oxygen atoms in total. The molecule has 2 rings (SSSR count). The lowest BCUT2D eigenvalue weighted by Crippen LogP contribution is -2.32. The molecule has 20 heavy (non-hydrogen) atoms. The molecule has 0 saturated carbocycles. The van der Waals surface area contributed by atoms with Gasteiger partial charge in [0.15, 0.2) is 0 Å². The maximum Gasteiger partial charge on any atom is 0.290 e. The fraction of sp³-hybridized carbons (Fsp3) is 0.250. The molecule has 2 aromatic rings. The van der Waals surface area contributed by atoms with Crippen molar-refractivity contribution in [3.8, 4) is 0 Å². The van der Waals surface area contributed by atoms with Crippen molar-refractivity contribution in [2.24, 2.45) is 5.73 Å². The van der Waals surface area contributed by atoms with E-state index in [1.807, 2.05) is 24.3 Å². The topological polar surface area (TPSA) is 29.3 Å². The highest BCUT2D eigenvalue weighted by molar-refractivity contribution is 5.47. The summed E-state index contributed by atoms with van der Waals surface area (Å²) < 4.78 is 28.4. The van der Waals surface area contributed by atoms with Crippen molar-refractivity contribution in [3.05, 3.63) is 65.7 Å². The Labute approximate surface area is 117 Å². The second kappa shape index (κ2) is 6.01. The minimum atomic E-state index is -2.89. The van der Waals surface area contributed by atoms with Crippen LogP contribution in [-0.4, -0.2) is 13.6 Å². The zero-order chi connectivity index (χ0) is 14.6. The van der Waals surface area contributed by atoms with Gasteiger partial charge in [0.25, 0.3) is 5.92 Å². The number of hydrogen-bond acceptors (Lipinski definition) is 2. The van der Waals surface area contributed by atoms with E-state index in [1.54, 1.807) is 30.1 Å². The van der Waals surface area contributed by atoms with Crippen molar-refractivity contribution in [1.29, 1.82) is 0 Å². The number of rotatable bonds is 5. The van der Waals surface area contributed by atoms with Gasteiger partial charge in [-0.15, -0.1) is 0 Å². The van der Waals surface area contributed by atoms with Crippen LogP contribution in [0.5, 0.6) is 0 Å². The van der Waals surface area contributed by atoms with E-state index in [4.69, 9.17) is 5.73 Å². The first-order chi connectivity index (χ1) is 9.53. The smallest absolute Gasteiger partial charge is 0.290 e. The quantitative estimate of drug-likeness (QED) is 0.907. The molecule has 0 fully saturated rings. The second-order valence-corrected chi connectivity index (χ2v) is 4.80. The maximum atomic E-state index is 14.2. The number of benzene rings is 2. The van der Waals surface area contributed by atoms with E-state index in [0.29, 0.717) is 6.54 Å². The maximum absolute atomic E-state index is 14.2. The molecule has 4 heteroatoms. The van der Waals surface area contributed by atoms with Crippen LogP contribution in [0.2, 0.25) is 0 Å². The molecule has 0 aliphatic rings. The van der Waals surface area contributed by atoms with Crippen molar-refractivity contribution >= 4 is 5.69 Å².